The standard InChI is InChI=1S/C13H26N2O2/c1-2-17-12-3-6-15(7-4-12)9-13(14)11-5-8-16-10-11/h11-13H,2-10,14H2,1H3. The SMILES string of the molecule is CCOC1CCN(CC(N)C2CCOC2)CC1. The van der Waals surface area contributed by atoms with Crippen LogP contribution in [0.15, 0.2) is 0 Å². The lowest BCUT2D eigenvalue weighted by Gasteiger charge is -2.34. The molecule has 2 fully saturated rings. The monoisotopic (exact) mass is 242 g/mol. The zero-order valence-corrected chi connectivity index (χ0v) is 10.9. The first-order valence-electron chi connectivity index (χ1n) is 6.97. The Hall–Kier alpha value is -0.160. The van der Waals surface area contributed by atoms with Crippen LogP contribution in [0, 0.1) is 5.92 Å². The molecule has 0 aromatic rings. The number of likely N-dealkylation sites (tertiary alicyclic amines) is 1. The second kappa shape index (κ2) is 6.69. The summed E-state index contributed by atoms with van der Waals surface area (Å²) < 4.78 is 11.1. The Morgan fingerprint density at radius 3 is 2.71 bits per heavy atom. The van der Waals surface area contributed by atoms with Gasteiger partial charge in [-0.05, 0) is 26.2 Å². The molecule has 2 heterocycles. The molecule has 0 aromatic carbocycles. The minimum Gasteiger partial charge on any atom is -0.381 e. The van der Waals surface area contributed by atoms with Crippen LogP contribution in [0.2, 0.25) is 0 Å². The average Bonchev–Trinajstić information content (AvgIpc) is 2.86. The third kappa shape index (κ3) is 3.91. The van der Waals surface area contributed by atoms with E-state index in [0.717, 1.165) is 58.7 Å². The summed E-state index contributed by atoms with van der Waals surface area (Å²) in [7, 11) is 0. The summed E-state index contributed by atoms with van der Waals surface area (Å²) in [4.78, 5) is 2.48. The van der Waals surface area contributed by atoms with Gasteiger partial charge in [0, 0.05) is 44.8 Å². The Balaban J connectivity index is 1.66. The predicted molar refractivity (Wildman–Crippen MR) is 68.0 cm³/mol. The van der Waals surface area contributed by atoms with Gasteiger partial charge in [-0.15, -0.1) is 0 Å². The van der Waals surface area contributed by atoms with Crippen molar-refractivity contribution in [3.63, 3.8) is 0 Å². The Kier molecular flexibility index (Phi) is 5.22. The van der Waals surface area contributed by atoms with Crippen LogP contribution in [0.4, 0.5) is 0 Å². The molecule has 2 saturated heterocycles. The van der Waals surface area contributed by atoms with Gasteiger partial charge in [-0.3, -0.25) is 0 Å². The largest absolute Gasteiger partial charge is 0.381 e. The lowest BCUT2D eigenvalue weighted by molar-refractivity contribution is 0.0118. The van der Waals surface area contributed by atoms with Gasteiger partial charge in [0.25, 0.3) is 0 Å². The molecule has 0 spiro atoms. The van der Waals surface area contributed by atoms with Gasteiger partial charge in [0.1, 0.15) is 0 Å². The molecule has 2 rings (SSSR count). The van der Waals surface area contributed by atoms with Crippen LogP contribution in [0.3, 0.4) is 0 Å². The third-order valence-electron chi connectivity index (χ3n) is 3.98. The molecular formula is C13H26N2O2. The van der Waals surface area contributed by atoms with Crippen LogP contribution in [0.1, 0.15) is 26.2 Å². The lowest BCUT2D eigenvalue weighted by Crippen LogP contribution is -2.46. The number of nitrogens with two attached hydrogens (primary N) is 1. The van der Waals surface area contributed by atoms with Crippen molar-refractivity contribution < 1.29 is 9.47 Å². The van der Waals surface area contributed by atoms with E-state index in [4.69, 9.17) is 15.2 Å². The van der Waals surface area contributed by atoms with Gasteiger partial charge in [-0.2, -0.15) is 0 Å². The fraction of sp³-hybridized carbons (Fsp3) is 1.00. The highest BCUT2D eigenvalue weighted by Crippen LogP contribution is 2.18. The Bertz CT molecular complexity index is 211. The minimum absolute atomic E-state index is 0.279. The second-order valence-electron chi connectivity index (χ2n) is 5.24. The van der Waals surface area contributed by atoms with Crippen molar-refractivity contribution in [2.45, 2.75) is 38.3 Å². The van der Waals surface area contributed by atoms with Crippen molar-refractivity contribution in [3.8, 4) is 0 Å². The van der Waals surface area contributed by atoms with Crippen LogP contribution in [-0.4, -0.2) is 56.5 Å². The van der Waals surface area contributed by atoms with E-state index in [1.165, 1.54) is 0 Å². The number of nitrogens with zero attached hydrogens (tertiary/aromatic N) is 1. The van der Waals surface area contributed by atoms with Gasteiger partial charge in [0.2, 0.25) is 0 Å². The number of hydrogen-bond donors (Lipinski definition) is 1. The van der Waals surface area contributed by atoms with E-state index < -0.39 is 0 Å². The molecular weight excluding hydrogens is 216 g/mol. The molecule has 0 aromatic heterocycles. The summed E-state index contributed by atoms with van der Waals surface area (Å²) >= 11 is 0. The number of rotatable bonds is 5. The molecule has 2 N–H and O–H groups in total. The summed E-state index contributed by atoms with van der Waals surface area (Å²) in [5.74, 6) is 0.569. The zero-order valence-electron chi connectivity index (χ0n) is 10.9. The first-order valence-corrected chi connectivity index (χ1v) is 6.97. The molecule has 2 aliphatic rings. The van der Waals surface area contributed by atoms with Crippen molar-refractivity contribution >= 4 is 0 Å². The number of ether oxygens (including phenoxy) is 2. The topological polar surface area (TPSA) is 47.7 Å². The van der Waals surface area contributed by atoms with Crippen molar-refractivity contribution in [1.82, 2.24) is 4.90 Å². The fourth-order valence-electron chi connectivity index (χ4n) is 2.83. The van der Waals surface area contributed by atoms with Gasteiger partial charge in [0.05, 0.1) is 12.7 Å². The van der Waals surface area contributed by atoms with E-state index in [-0.39, 0.29) is 6.04 Å². The maximum Gasteiger partial charge on any atom is 0.0599 e. The van der Waals surface area contributed by atoms with Gasteiger partial charge < -0.3 is 20.1 Å². The van der Waals surface area contributed by atoms with Crippen molar-refractivity contribution in [3.05, 3.63) is 0 Å². The summed E-state index contributed by atoms with van der Waals surface area (Å²) in [6.07, 6.45) is 3.92. The molecule has 0 bridgehead atoms. The fourth-order valence-corrected chi connectivity index (χ4v) is 2.83. The van der Waals surface area contributed by atoms with Gasteiger partial charge in [0.15, 0.2) is 0 Å². The normalized spacial score (nSPS) is 29.6. The molecule has 0 aliphatic carbocycles. The maximum atomic E-state index is 6.25. The predicted octanol–water partition coefficient (Wildman–Crippen LogP) is 0.851. The van der Waals surface area contributed by atoms with E-state index in [9.17, 15) is 0 Å². The van der Waals surface area contributed by atoms with E-state index in [2.05, 4.69) is 11.8 Å². The Labute approximate surface area is 104 Å². The molecule has 0 radical (unpaired) electrons. The van der Waals surface area contributed by atoms with Gasteiger partial charge in [-0.1, -0.05) is 0 Å². The Morgan fingerprint density at radius 2 is 2.12 bits per heavy atom. The molecule has 0 amide bonds. The number of hydrogen-bond acceptors (Lipinski definition) is 4. The minimum atomic E-state index is 0.279. The number of piperidine rings is 1. The van der Waals surface area contributed by atoms with Crippen LogP contribution in [0.25, 0.3) is 0 Å². The van der Waals surface area contributed by atoms with E-state index in [0.29, 0.717) is 12.0 Å². The Morgan fingerprint density at radius 1 is 1.35 bits per heavy atom. The highest BCUT2D eigenvalue weighted by molar-refractivity contribution is 4.82. The smallest absolute Gasteiger partial charge is 0.0599 e. The second-order valence-corrected chi connectivity index (χ2v) is 5.24. The van der Waals surface area contributed by atoms with Crippen LogP contribution >= 0.6 is 0 Å². The van der Waals surface area contributed by atoms with Gasteiger partial charge in [-0.25, -0.2) is 0 Å². The maximum absolute atomic E-state index is 6.25. The van der Waals surface area contributed by atoms with E-state index >= 15 is 0 Å². The first kappa shape index (κ1) is 13.3. The van der Waals surface area contributed by atoms with Gasteiger partial charge >= 0.3 is 0 Å². The molecule has 0 saturated carbocycles. The zero-order chi connectivity index (χ0) is 12.1. The van der Waals surface area contributed by atoms with Crippen LogP contribution in [-0.2, 0) is 9.47 Å². The molecule has 4 heteroatoms. The first-order chi connectivity index (χ1) is 8.29. The summed E-state index contributed by atoms with van der Waals surface area (Å²) in [6.45, 7) is 7.94. The van der Waals surface area contributed by atoms with Crippen molar-refractivity contribution in [2.75, 3.05) is 39.5 Å². The molecule has 2 atom stereocenters. The van der Waals surface area contributed by atoms with Crippen molar-refractivity contribution in [1.29, 1.82) is 0 Å². The molecule has 2 aliphatic heterocycles. The van der Waals surface area contributed by atoms with E-state index in [1.807, 2.05) is 0 Å². The highest BCUT2D eigenvalue weighted by Gasteiger charge is 2.26. The third-order valence-corrected chi connectivity index (χ3v) is 3.98. The molecule has 2 unspecified atom stereocenters. The summed E-state index contributed by atoms with van der Waals surface area (Å²) in [5, 5.41) is 0. The van der Waals surface area contributed by atoms with Crippen LogP contribution in [0.5, 0.6) is 0 Å². The summed E-state index contributed by atoms with van der Waals surface area (Å²) in [6, 6.07) is 0.279. The molecule has 4 nitrogen and oxygen atoms in total. The summed E-state index contributed by atoms with van der Waals surface area (Å²) in [5.41, 5.74) is 6.25. The molecule has 100 valence electrons. The van der Waals surface area contributed by atoms with E-state index in [1.54, 1.807) is 0 Å². The van der Waals surface area contributed by atoms with Crippen molar-refractivity contribution in [2.24, 2.45) is 11.7 Å². The average molecular weight is 242 g/mol. The van der Waals surface area contributed by atoms with Crippen LogP contribution < -0.4 is 5.73 Å². The highest BCUT2D eigenvalue weighted by atomic mass is 16.5. The lowest BCUT2D eigenvalue weighted by atomic mass is 9.98. The quantitative estimate of drug-likeness (QED) is 0.776. The molecule has 17 heavy (non-hydrogen) atoms.